The van der Waals surface area contributed by atoms with Crippen molar-refractivity contribution in [1.82, 2.24) is 5.32 Å². The fourth-order valence-electron chi connectivity index (χ4n) is 11.2. The number of aliphatic hydroxyl groups is 4. The maximum absolute atomic E-state index is 12.6. The zero-order valence-corrected chi connectivity index (χ0v) is 51.5. The highest BCUT2D eigenvalue weighted by molar-refractivity contribution is 5.80. The number of unbranched alkanes of at least 4 members (excludes halogenated alkanes) is 52. The molecule has 0 saturated heterocycles. The average molecular weight is 1070 g/mol. The molecule has 0 radical (unpaired) electrons. The number of carbonyl (C=O) groups excluding carboxylic acids is 1. The summed E-state index contributed by atoms with van der Waals surface area (Å²) in [7, 11) is 0. The minimum absolute atomic E-state index is 0.367. The van der Waals surface area contributed by atoms with Crippen LogP contribution in [0.25, 0.3) is 0 Å². The third-order valence-corrected chi connectivity index (χ3v) is 16.6. The average Bonchev–Trinajstić information content (AvgIpc) is 3.42. The van der Waals surface area contributed by atoms with Gasteiger partial charge in [0.1, 0.15) is 12.2 Å². The van der Waals surface area contributed by atoms with E-state index in [1.807, 2.05) is 0 Å². The highest BCUT2D eigenvalue weighted by atomic mass is 16.3. The van der Waals surface area contributed by atoms with Crippen LogP contribution in [-0.2, 0) is 4.79 Å². The van der Waals surface area contributed by atoms with Crippen molar-refractivity contribution in [3.05, 3.63) is 24.3 Å². The van der Waals surface area contributed by atoms with Gasteiger partial charge in [0.15, 0.2) is 0 Å². The first-order chi connectivity index (χ1) is 37.5. The van der Waals surface area contributed by atoms with E-state index in [4.69, 9.17) is 0 Å². The van der Waals surface area contributed by atoms with Crippen molar-refractivity contribution in [2.75, 3.05) is 6.61 Å². The van der Waals surface area contributed by atoms with E-state index in [9.17, 15) is 25.2 Å². The number of hydrogen-bond donors (Lipinski definition) is 5. The fourth-order valence-corrected chi connectivity index (χ4v) is 11.2. The molecular formula is C70H137NO5. The molecule has 76 heavy (non-hydrogen) atoms. The summed E-state index contributed by atoms with van der Waals surface area (Å²) in [6, 6.07) is -1.00. The zero-order chi connectivity index (χ0) is 55.1. The minimum Gasteiger partial charge on any atom is -0.394 e. The monoisotopic (exact) mass is 1070 g/mol. The molecule has 0 rings (SSSR count). The fraction of sp³-hybridized carbons (Fsp3) is 0.929. The number of aliphatic hydroxyl groups excluding tert-OH is 4. The lowest BCUT2D eigenvalue weighted by atomic mass is 10.00. The smallest absolute Gasteiger partial charge is 0.249 e. The van der Waals surface area contributed by atoms with Crippen molar-refractivity contribution in [3.8, 4) is 0 Å². The quantitative estimate of drug-likeness (QED) is 0.0308. The van der Waals surface area contributed by atoms with Crippen LogP contribution in [0.1, 0.15) is 386 Å². The molecule has 6 heteroatoms. The van der Waals surface area contributed by atoms with E-state index < -0.39 is 36.9 Å². The van der Waals surface area contributed by atoms with Crippen LogP contribution < -0.4 is 5.32 Å². The molecule has 0 aromatic heterocycles. The largest absolute Gasteiger partial charge is 0.394 e. The van der Waals surface area contributed by atoms with Gasteiger partial charge in [-0.3, -0.25) is 4.79 Å². The molecular weight excluding hydrogens is 935 g/mol. The van der Waals surface area contributed by atoms with Gasteiger partial charge >= 0.3 is 0 Å². The maximum atomic E-state index is 12.6. The van der Waals surface area contributed by atoms with Crippen LogP contribution in [0.5, 0.6) is 0 Å². The molecule has 0 fully saturated rings. The molecule has 1 amide bonds. The molecule has 0 saturated carbocycles. The molecule has 0 bridgehead atoms. The number of hydrogen-bond acceptors (Lipinski definition) is 5. The third kappa shape index (κ3) is 57.5. The minimum atomic E-state index is -1.28. The predicted octanol–water partition coefficient (Wildman–Crippen LogP) is 21.3. The van der Waals surface area contributed by atoms with Crippen molar-refractivity contribution in [2.24, 2.45) is 0 Å². The summed E-state index contributed by atoms with van der Waals surface area (Å²) in [4.78, 5) is 12.6. The van der Waals surface area contributed by atoms with E-state index in [1.165, 1.54) is 321 Å². The highest BCUT2D eigenvalue weighted by Gasteiger charge is 2.28. The molecule has 6 nitrogen and oxygen atoms in total. The first-order valence-electron chi connectivity index (χ1n) is 34.7. The lowest BCUT2D eigenvalue weighted by Gasteiger charge is -2.27. The topological polar surface area (TPSA) is 110 Å². The van der Waals surface area contributed by atoms with Crippen LogP contribution in [0.3, 0.4) is 0 Å². The molecule has 0 spiro atoms. The van der Waals surface area contributed by atoms with Crippen LogP contribution in [0.4, 0.5) is 0 Å². The molecule has 0 aliphatic carbocycles. The predicted molar refractivity (Wildman–Crippen MR) is 334 cm³/mol. The number of nitrogens with one attached hydrogen (secondary N) is 1. The van der Waals surface area contributed by atoms with Gasteiger partial charge in [0, 0.05) is 0 Å². The van der Waals surface area contributed by atoms with Gasteiger partial charge in [-0.1, -0.05) is 346 Å². The van der Waals surface area contributed by atoms with Crippen molar-refractivity contribution in [1.29, 1.82) is 0 Å². The Hall–Kier alpha value is -1.21. The summed E-state index contributed by atoms with van der Waals surface area (Å²) in [6.07, 6.45) is 81.7. The van der Waals surface area contributed by atoms with E-state index in [-0.39, 0.29) is 0 Å². The molecule has 0 aliphatic rings. The zero-order valence-electron chi connectivity index (χ0n) is 51.5. The Morgan fingerprint density at radius 2 is 0.539 bits per heavy atom. The van der Waals surface area contributed by atoms with E-state index >= 15 is 0 Å². The summed E-state index contributed by atoms with van der Waals surface area (Å²) in [5.41, 5.74) is 0. The molecule has 0 aromatic rings. The van der Waals surface area contributed by atoms with Gasteiger partial charge in [-0.15, -0.1) is 0 Å². The normalized spacial score (nSPS) is 13.6. The van der Waals surface area contributed by atoms with Crippen LogP contribution in [0.2, 0.25) is 0 Å². The second-order valence-corrected chi connectivity index (χ2v) is 24.2. The standard InChI is InChI=1S/C70H137NO5/c1-3-5-7-9-11-13-15-17-19-21-23-25-27-28-29-30-31-32-33-34-35-36-37-38-39-40-41-42-44-46-48-50-52-54-56-58-60-62-64-68(74)70(76)71-66(65-72)69(75)67(73)63-61-59-57-55-53-51-49-47-45-43-26-24-22-20-18-16-14-12-10-8-6-4-2/h34-35,55,57,66-69,72-75H,3-33,36-54,56,58-65H2,1-2H3,(H,71,76)/b35-34-,57-55+. The van der Waals surface area contributed by atoms with Crippen molar-refractivity contribution in [3.63, 3.8) is 0 Å². The molecule has 452 valence electrons. The molecule has 0 aromatic carbocycles. The van der Waals surface area contributed by atoms with Gasteiger partial charge in [-0.05, 0) is 64.2 Å². The van der Waals surface area contributed by atoms with E-state index in [1.54, 1.807) is 0 Å². The van der Waals surface area contributed by atoms with E-state index in [0.29, 0.717) is 12.8 Å². The van der Waals surface area contributed by atoms with Crippen molar-refractivity contribution < 1.29 is 25.2 Å². The molecule has 0 heterocycles. The number of carbonyl (C=O) groups is 1. The second-order valence-electron chi connectivity index (χ2n) is 24.2. The molecule has 0 aliphatic heterocycles. The SMILES string of the molecule is CCCCCCCCCCCCCCCCCCC/C=C/CCCC(O)C(O)C(CO)NC(=O)C(O)CCCCCCCCCCCCCCCCCC/C=C\CCCCCCCCCCCCCCCCCCCC. The number of allylic oxidation sites excluding steroid dienone is 4. The Labute approximate surface area is 475 Å². The third-order valence-electron chi connectivity index (χ3n) is 16.6. The van der Waals surface area contributed by atoms with E-state index in [0.717, 1.165) is 38.5 Å². The van der Waals surface area contributed by atoms with Gasteiger partial charge in [0.2, 0.25) is 5.91 Å². The summed E-state index contributed by atoms with van der Waals surface area (Å²) >= 11 is 0. The van der Waals surface area contributed by atoms with Crippen molar-refractivity contribution >= 4 is 5.91 Å². The van der Waals surface area contributed by atoms with Crippen LogP contribution in [0.15, 0.2) is 24.3 Å². The Bertz CT molecular complexity index is 1160. The Morgan fingerprint density at radius 1 is 0.316 bits per heavy atom. The second kappa shape index (κ2) is 64.6. The number of rotatable bonds is 65. The van der Waals surface area contributed by atoms with Gasteiger partial charge < -0.3 is 25.7 Å². The summed E-state index contributed by atoms with van der Waals surface area (Å²) < 4.78 is 0. The van der Waals surface area contributed by atoms with Crippen LogP contribution in [0, 0.1) is 0 Å². The molecule has 5 N–H and O–H groups in total. The Morgan fingerprint density at radius 3 is 0.789 bits per heavy atom. The van der Waals surface area contributed by atoms with Crippen LogP contribution >= 0.6 is 0 Å². The Balaban J connectivity index is 3.53. The molecule has 4 atom stereocenters. The summed E-state index contributed by atoms with van der Waals surface area (Å²) in [6.45, 7) is 4.10. The van der Waals surface area contributed by atoms with Gasteiger partial charge in [-0.25, -0.2) is 0 Å². The number of amides is 1. The molecule has 4 unspecified atom stereocenters. The lowest BCUT2D eigenvalue weighted by molar-refractivity contribution is -0.132. The maximum Gasteiger partial charge on any atom is 0.249 e. The van der Waals surface area contributed by atoms with Crippen LogP contribution in [-0.4, -0.2) is 57.3 Å². The lowest BCUT2D eigenvalue weighted by Crippen LogP contribution is -2.53. The summed E-state index contributed by atoms with van der Waals surface area (Å²) in [5, 5.41) is 44.1. The first kappa shape index (κ1) is 74.8. The van der Waals surface area contributed by atoms with Crippen molar-refractivity contribution in [2.45, 2.75) is 411 Å². The highest BCUT2D eigenvalue weighted by Crippen LogP contribution is 2.19. The Kier molecular flexibility index (Phi) is 63.6. The first-order valence-corrected chi connectivity index (χ1v) is 34.7. The van der Waals surface area contributed by atoms with Gasteiger partial charge in [0.25, 0.3) is 0 Å². The van der Waals surface area contributed by atoms with Gasteiger partial charge in [-0.2, -0.15) is 0 Å². The van der Waals surface area contributed by atoms with Gasteiger partial charge in [0.05, 0.1) is 18.8 Å². The summed E-state index contributed by atoms with van der Waals surface area (Å²) in [5.74, 6) is -0.586. The van der Waals surface area contributed by atoms with E-state index in [2.05, 4.69) is 43.5 Å².